The average Bonchev–Trinajstić information content (AvgIpc) is 3.15. The average molecular weight is 425 g/mol. The molecule has 0 unspecified atom stereocenters. The fourth-order valence-electron chi connectivity index (χ4n) is 3.92. The third-order valence-electron chi connectivity index (χ3n) is 5.33. The van der Waals surface area contributed by atoms with Gasteiger partial charge in [0, 0.05) is 11.5 Å². The van der Waals surface area contributed by atoms with Crippen LogP contribution in [-0.2, 0) is 4.74 Å². The summed E-state index contributed by atoms with van der Waals surface area (Å²) >= 11 is 0. The fraction of sp³-hybridized carbons (Fsp3) is 0.185. The Morgan fingerprint density at radius 3 is 2.38 bits per heavy atom. The number of amides is 1. The number of carbonyl (C=O) groups is 2. The van der Waals surface area contributed by atoms with Gasteiger partial charge in [0.15, 0.2) is 6.29 Å². The number of alkyl carbamates (subject to hydrolysis) is 1. The first-order valence-corrected chi connectivity index (χ1v) is 10.5. The summed E-state index contributed by atoms with van der Waals surface area (Å²) in [6, 6.07) is 21.6. The Labute approximate surface area is 187 Å². The standard InChI is InChI=1S/C27H23NO4/c1-2-31-26-14-13-19(16-20(26)17-29)8-7-15-28-27(30)32-18-25-23-11-5-3-9-21(23)22-10-4-6-12-24(22)25/h3-6,9-14,16-17,25H,2,15,18H2,1H3,(H,28,30). The van der Waals surface area contributed by atoms with Crippen LogP contribution in [0.4, 0.5) is 4.79 Å². The normalized spacial score (nSPS) is 11.5. The van der Waals surface area contributed by atoms with Crippen molar-refractivity contribution in [3.63, 3.8) is 0 Å². The third kappa shape index (κ3) is 4.50. The van der Waals surface area contributed by atoms with Gasteiger partial charge in [-0.05, 0) is 47.4 Å². The van der Waals surface area contributed by atoms with E-state index in [1.54, 1.807) is 18.2 Å². The summed E-state index contributed by atoms with van der Waals surface area (Å²) in [5, 5.41) is 2.66. The van der Waals surface area contributed by atoms with E-state index < -0.39 is 6.09 Å². The molecule has 3 aromatic carbocycles. The first kappa shape index (κ1) is 21.2. The molecule has 0 saturated heterocycles. The van der Waals surface area contributed by atoms with Crippen LogP contribution in [0.1, 0.15) is 39.9 Å². The molecule has 0 atom stereocenters. The van der Waals surface area contributed by atoms with Crippen LogP contribution in [0.15, 0.2) is 66.7 Å². The Bertz CT molecular complexity index is 1160. The summed E-state index contributed by atoms with van der Waals surface area (Å²) < 4.78 is 10.9. The Morgan fingerprint density at radius 1 is 1.03 bits per heavy atom. The van der Waals surface area contributed by atoms with Crippen LogP contribution in [-0.4, -0.2) is 32.1 Å². The van der Waals surface area contributed by atoms with Gasteiger partial charge in [-0.15, -0.1) is 0 Å². The van der Waals surface area contributed by atoms with Crippen molar-refractivity contribution in [2.24, 2.45) is 0 Å². The van der Waals surface area contributed by atoms with Crippen molar-refractivity contribution in [1.82, 2.24) is 5.32 Å². The lowest BCUT2D eigenvalue weighted by Gasteiger charge is -2.14. The molecule has 0 heterocycles. The van der Waals surface area contributed by atoms with Crippen LogP contribution < -0.4 is 10.1 Å². The summed E-state index contributed by atoms with van der Waals surface area (Å²) in [6.07, 6.45) is 0.229. The van der Waals surface area contributed by atoms with Gasteiger partial charge in [-0.1, -0.05) is 60.4 Å². The zero-order chi connectivity index (χ0) is 22.3. The number of ether oxygens (including phenoxy) is 2. The number of hydrogen-bond donors (Lipinski definition) is 1. The van der Waals surface area contributed by atoms with Crippen molar-refractivity contribution < 1.29 is 19.1 Å². The van der Waals surface area contributed by atoms with Gasteiger partial charge in [0.1, 0.15) is 12.4 Å². The van der Waals surface area contributed by atoms with Crippen molar-refractivity contribution in [3.8, 4) is 28.7 Å². The van der Waals surface area contributed by atoms with E-state index in [2.05, 4.69) is 41.4 Å². The minimum Gasteiger partial charge on any atom is -0.493 e. The molecule has 0 fully saturated rings. The topological polar surface area (TPSA) is 64.6 Å². The van der Waals surface area contributed by atoms with E-state index >= 15 is 0 Å². The van der Waals surface area contributed by atoms with Gasteiger partial charge >= 0.3 is 6.09 Å². The number of aldehydes is 1. The largest absolute Gasteiger partial charge is 0.493 e. The molecule has 3 aromatic rings. The van der Waals surface area contributed by atoms with Gasteiger partial charge in [0.2, 0.25) is 0 Å². The van der Waals surface area contributed by atoms with Gasteiger partial charge in [0.25, 0.3) is 0 Å². The predicted molar refractivity (Wildman–Crippen MR) is 123 cm³/mol. The Morgan fingerprint density at radius 2 is 1.72 bits per heavy atom. The molecular weight excluding hydrogens is 402 g/mol. The summed E-state index contributed by atoms with van der Waals surface area (Å²) in [7, 11) is 0. The van der Waals surface area contributed by atoms with Crippen LogP contribution in [0, 0.1) is 11.8 Å². The lowest BCUT2D eigenvalue weighted by atomic mass is 9.98. The van der Waals surface area contributed by atoms with E-state index in [4.69, 9.17) is 9.47 Å². The number of hydrogen-bond acceptors (Lipinski definition) is 4. The van der Waals surface area contributed by atoms with E-state index in [-0.39, 0.29) is 19.1 Å². The van der Waals surface area contributed by atoms with Crippen molar-refractivity contribution >= 4 is 12.4 Å². The second kappa shape index (κ2) is 9.84. The molecule has 1 aliphatic carbocycles. The van der Waals surface area contributed by atoms with Crippen molar-refractivity contribution in [2.75, 3.05) is 19.8 Å². The van der Waals surface area contributed by atoms with Crippen LogP contribution in [0.3, 0.4) is 0 Å². The highest BCUT2D eigenvalue weighted by molar-refractivity contribution is 5.80. The minimum absolute atomic E-state index is 0.0184. The number of benzene rings is 3. The molecular formula is C27H23NO4. The molecule has 0 aromatic heterocycles. The van der Waals surface area contributed by atoms with Crippen LogP contribution >= 0.6 is 0 Å². The summed E-state index contributed by atoms with van der Waals surface area (Å²) in [5.41, 5.74) is 5.83. The highest BCUT2D eigenvalue weighted by Crippen LogP contribution is 2.44. The molecule has 5 nitrogen and oxygen atoms in total. The summed E-state index contributed by atoms with van der Waals surface area (Å²) in [6.45, 7) is 2.74. The smallest absolute Gasteiger partial charge is 0.407 e. The molecule has 0 aliphatic heterocycles. The number of fused-ring (bicyclic) bond motifs is 3. The Balaban J connectivity index is 1.33. The first-order chi connectivity index (χ1) is 15.7. The van der Waals surface area contributed by atoms with E-state index in [1.807, 2.05) is 31.2 Å². The zero-order valence-corrected chi connectivity index (χ0v) is 17.8. The van der Waals surface area contributed by atoms with Crippen LogP contribution in [0.2, 0.25) is 0 Å². The Hall–Kier alpha value is -4.04. The van der Waals surface area contributed by atoms with Gasteiger partial charge in [-0.2, -0.15) is 0 Å². The molecule has 0 radical (unpaired) electrons. The minimum atomic E-state index is -0.513. The van der Waals surface area contributed by atoms with Gasteiger partial charge < -0.3 is 14.8 Å². The molecule has 0 saturated carbocycles. The maximum atomic E-state index is 12.2. The molecule has 0 bridgehead atoms. The highest BCUT2D eigenvalue weighted by atomic mass is 16.5. The summed E-state index contributed by atoms with van der Waals surface area (Å²) in [5.74, 6) is 6.36. The van der Waals surface area contributed by atoms with Crippen LogP contribution in [0.5, 0.6) is 5.75 Å². The predicted octanol–water partition coefficient (Wildman–Crippen LogP) is 4.79. The van der Waals surface area contributed by atoms with Gasteiger partial charge in [-0.3, -0.25) is 4.79 Å². The molecule has 1 aliphatic rings. The molecule has 1 N–H and O–H groups in total. The van der Waals surface area contributed by atoms with E-state index in [0.29, 0.717) is 23.5 Å². The fourth-order valence-corrected chi connectivity index (χ4v) is 3.92. The Kier molecular flexibility index (Phi) is 6.52. The molecule has 5 heteroatoms. The summed E-state index contributed by atoms with van der Waals surface area (Å²) in [4.78, 5) is 23.4. The highest BCUT2D eigenvalue weighted by Gasteiger charge is 2.28. The van der Waals surface area contributed by atoms with E-state index in [9.17, 15) is 9.59 Å². The molecule has 4 rings (SSSR count). The lowest BCUT2D eigenvalue weighted by Crippen LogP contribution is -2.26. The molecule has 1 amide bonds. The maximum Gasteiger partial charge on any atom is 0.407 e. The first-order valence-electron chi connectivity index (χ1n) is 10.5. The van der Waals surface area contributed by atoms with Crippen molar-refractivity contribution in [1.29, 1.82) is 0 Å². The SMILES string of the molecule is CCOc1ccc(C#CCNC(=O)OCC2c3ccccc3-c3ccccc32)cc1C=O. The molecule has 0 spiro atoms. The second-order valence-corrected chi connectivity index (χ2v) is 7.28. The van der Waals surface area contributed by atoms with Gasteiger partial charge in [0.05, 0.1) is 18.7 Å². The van der Waals surface area contributed by atoms with Gasteiger partial charge in [-0.25, -0.2) is 4.79 Å². The monoisotopic (exact) mass is 425 g/mol. The number of carbonyl (C=O) groups excluding carboxylic acids is 2. The molecule has 32 heavy (non-hydrogen) atoms. The lowest BCUT2D eigenvalue weighted by molar-refractivity contribution is 0.111. The number of nitrogens with one attached hydrogen (secondary N) is 1. The molecule has 160 valence electrons. The van der Waals surface area contributed by atoms with E-state index in [0.717, 1.165) is 6.29 Å². The van der Waals surface area contributed by atoms with Crippen molar-refractivity contribution in [3.05, 3.63) is 89.0 Å². The van der Waals surface area contributed by atoms with E-state index in [1.165, 1.54) is 22.3 Å². The van der Waals surface area contributed by atoms with Crippen molar-refractivity contribution in [2.45, 2.75) is 12.8 Å². The zero-order valence-electron chi connectivity index (χ0n) is 17.8. The number of rotatable bonds is 6. The maximum absolute atomic E-state index is 12.2. The second-order valence-electron chi connectivity index (χ2n) is 7.28. The van der Waals surface area contributed by atoms with Crippen LogP contribution in [0.25, 0.3) is 11.1 Å². The quantitative estimate of drug-likeness (QED) is 0.456. The third-order valence-corrected chi connectivity index (χ3v) is 5.33.